The summed E-state index contributed by atoms with van der Waals surface area (Å²) < 4.78 is 0. The molecule has 0 spiro atoms. The fraction of sp³-hybridized carbons (Fsp3) is 0.474. The molecule has 0 bridgehead atoms. The number of benzene rings is 1. The van der Waals surface area contributed by atoms with Gasteiger partial charge in [0.05, 0.1) is 0 Å². The molecule has 0 amide bonds. The zero-order chi connectivity index (χ0) is 14.2. The Morgan fingerprint density at radius 1 is 1.15 bits per heavy atom. The van der Waals surface area contributed by atoms with Gasteiger partial charge in [-0.2, -0.15) is 0 Å². The topological polar surface area (TPSA) is 0 Å². The van der Waals surface area contributed by atoms with Crippen LogP contribution in [0, 0.1) is 23.7 Å². The monoisotopic (exact) mass is 286 g/mol. The first-order valence-corrected chi connectivity index (χ1v) is 8.09. The fourth-order valence-electron chi connectivity index (χ4n) is 2.92. The van der Waals surface area contributed by atoms with E-state index in [0.29, 0.717) is 0 Å². The molecule has 20 heavy (non-hydrogen) atoms. The molecule has 0 aromatic heterocycles. The van der Waals surface area contributed by atoms with Gasteiger partial charge in [-0.05, 0) is 67.9 Å². The van der Waals surface area contributed by atoms with E-state index in [1.807, 2.05) is 30.3 Å². The van der Waals surface area contributed by atoms with Crippen molar-refractivity contribution in [3.63, 3.8) is 0 Å². The van der Waals surface area contributed by atoms with Crippen molar-refractivity contribution in [1.82, 2.24) is 0 Å². The number of hydrogen-bond acceptors (Lipinski definition) is 0. The Hall–Kier alpha value is -1.19. The smallest absolute Gasteiger partial charge is 0.0406 e. The molecule has 2 rings (SSSR count). The Kier molecular flexibility index (Phi) is 6.22. The number of halogens is 1. The first-order valence-electron chi connectivity index (χ1n) is 7.71. The van der Waals surface area contributed by atoms with Crippen LogP contribution >= 0.6 is 11.6 Å². The Labute approximate surface area is 128 Å². The van der Waals surface area contributed by atoms with Crippen LogP contribution in [0.3, 0.4) is 0 Å². The van der Waals surface area contributed by atoms with Crippen molar-refractivity contribution in [2.45, 2.75) is 45.4 Å². The van der Waals surface area contributed by atoms with Crippen molar-refractivity contribution in [2.75, 3.05) is 0 Å². The van der Waals surface area contributed by atoms with Gasteiger partial charge in [0.1, 0.15) is 0 Å². The minimum Gasteiger partial charge on any atom is -0.0843 e. The van der Waals surface area contributed by atoms with E-state index >= 15 is 0 Å². The molecule has 1 heteroatoms. The Morgan fingerprint density at radius 2 is 1.85 bits per heavy atom. The third kappa shape index (κ3) is 5.06. The van der Waals surface area contributed by atoms with Gasteiger partial charge in [-0.3, -0.25) is 0 Å². The summed E-state index contributed by atoms with van der Waals surface area (Å²) in [5.74, 6) is 7.99. The van der Waals surface area contributed by atoms with Gasteiger partial charge in [0.2, 0.25) is 0 Å². The summed E-state index contributed by atoms with van der Waals surface area (Å²) >= 11 is 5.85. The van der Waals surface area contributed by atoms with E-state index in [4.69, 9.17) is 11.6 Å². The molecular formula is C19H23Cl. The molecule has 1 fully saturated rings. The minimum absolute atomic E-state index is 0.739. The van der Waals surface area contributed by atoms with E-state index in [2.05, 4.69) is 24.8 Å². The van der Waals surface area contributed by atoms with Crippen molar-refractivity contribution in [2.24, 2.45) is 11.8 Å². The lowest BCUT2D eigenvalue weighted by atomic mass is 9.80. The molecule has 1 aliphatic carbocycles. The number of rotatable bonds is 3. The van der Waals surface area contributed by atoms with Crippen molar-refractivity contribution >= 4 is 11.6 Å². The zero-order valence-electron chi connectivity index (χ0n) is 12.2. The van der Waals surface area contributed by atoms with Gasteiger partial charge in [0, 0.05) is 10.6 Å². The van der Waals surface area contributed by atoms with Gasteiger partial charge in [-0.15, -0.1) is 0 Å². The second-order valence-electron chi connectivity index (χ2n) is 5.70. The van der Waals surface area contributed by atoms with Crippen LogP contribution in [0.4, 0.5) is 0 Å². The third-order valence-corrected chi connectivity index (χ3v) is 4.35. The highest BCUT2D eigenvalue weighted by Gasteiger charge is 2.18. The van der Waals surface area contributed by atoms with Crippen LogP contribution in [0.15, 0.2) is 36.4 Å². The van der Waals surface area contributed by atoms with Gasteiger partial charge in [-0.25, -0.2) is 0 Å². The van der Waals surface area contributed by atoms with E-state index in [-0.39, 0.29) is 0 Å². The molecule has 0 nitrogen and oxygen atoms in total. The largest absolute Gasteiger partial charge is 0.0843 e. The average molecular weight is 287 g/mol. The lowest BCUT2D eigenvalue weighted by molar-refractivity contribution is 0.294. The lowest BCUT2D eigenvalue weighted by Gasteiger charge is -2.26. The van der Waals surface area contributed by atoms with Crippen LogP contribution in [-0.2, 0) is 0 Å². The second-order valence-corrected chi connectivity index (χ2v) is 6.14. The zero-order valence-corrected chi connectivity index (χ0v) is 13.0. The summed E-state index contributed by atoms with van der Waals surface area (Å²) in [6, 6.07) is 7.67. The molecular weight excluding hydrogens is 264 g/mol. The Morgan fingerprint density at radius 3 is 2.50 bits per heavy atom. The summed E-state index contributed by atoms with van der Waals surface area (Å²) in [6.07, 6.45) is 12.5. The van der Waals surface area contributed by atoms with Crippen molar-refractivity contribution in [3.8, 4) is 11.8 Å². The highest BCUT2D eigenvalue weighted by atomic mass is 35.5. The Balaban J connectivity index is 1.79. The standard InChI is InChI=1S/C19H23Cl/c1-2-5-16-8-10-17(11-9-16)6-3-4-7-18-12-14-19(20)15-13-18/h3,6,12-17H,2,5,8-11H2,1H3/b6-3+/t16-,17-. The van der Waals surface area contributed by atoms with Crippen molar-refractivity contribution < 1.29 is 0 Å². The molecule has 1 aliphatic rings. The van der Waals surface area contributed by atoms with Crippen LogP contribution in [0.5, 0.6) is 0 Å². The van der Waals surface area contributed by atoms with Gasteiger partial charge in [0.15, 0.2) is 0 Å². The molecule has 0 aliphatic heterocycles. The molecule has 0 N–H and O–H groups in total. The molecule has 0 radical (unpaired) electrons. The first-order chi connectivity index (χ1) is 9.78. The van der Waals surface area contributed by atoms with E-state index < -0.39 is 0 Å². The normalized spacial score (nSPS) is 22.5. The third-order valence-electron chi connectivity index (χ3n) is 4.10. The first kappa shape index (κ1) is 15.2. The lowest BCUT2D eigenvalue weighted by Crippen LogP contribution is -2.12. The summed E-state index contributed by atoms with van der Waals surface area (Å²) in [7, 11) is 0. The molecule has 1 saturated carbocycles. The summed E-state index contributed by atoms with van der Waals surface area (Å²) in [5.41, 5.74) is 1.02. The van der Waals surface area contributed by atoms with Gasteiger partial charge in [-0.1, -0.05) is 49.3 Å². The maximum absolute atomic E-state index is 5.85. The quantitative estimate of drug-likeness (QED) is 0.611. The molecule has 0 atom stereocenters. The van der Waals surface area contributed by atoms with Crippen LogP contribution in [-0.4, -0.2) is 0 Å². The predicted octanol–water partition coefficient (Wildman–Crippen LogP) is 5.85. The fourth-order valence-corrected chi connectivity index (χ4v) is 3.05. The summed E-state index contributed by atoms with van der Waals surface area (Å²) in [6.45, 7) is 2.29. The minimum atomic E-state index is 0.739. The van der Waals surface area contributed by atoms with Crippen LogP contribution < -0.4 is 0 Å². The highest BCUT2D eigenvalue weighted by molar-refractivity contribution is 6.30. The van der Waals surface area contributed by atoms with Crippen LogP contribution in [0.2, 0.25) is 5.02 Å². The van der Waals surface area contributed by atoms with Gasteiger partial charge < -0.3 is 0 Å². The number of hydrogen-bond donors (Lipinski definition) is 0. The van der Waals surface area contributed by atoms with E-state index in [1.165, 1.54) is 38.5 Å². The van der Waals surface area contributed by atoms with E-state index in [9.17, 15) is 0 Å². The second kappa shape index (κ2) is 8.18. The molecule has 0 saturated heterocycles. The van der Waals surface area contributed by atoms with Gasteiger partial charge in [0.25, 0.3) is 0 Å². The Bertz CT molecular complexity index is 479. The van der Waals surface area contributed by atoms with Crippen molar-refractivity contribution in [3.05, 3.63) is 47.0 Å². The van der Waals surface area contributed by atoms with Gasteiger partial charge >= 0.3 is 0 Å². The molecule has 106 valence electrons. The predicted molar refractivity (Wildman–Crippen MR) is 87.8 cm³/mol. The molecule has 1 aromatic carbocycles. The van der Waals surface area contributed by atoms with E-state index in [0.717, 1.165) is 22.4 Å². The van der Waals surface area contributed by atoms with E-state index in [1.54, 1.807) is 0 Å². The molecule has 0 heterocycles. The summed E-state index contributed by atoms with van der Waals surface area (Å²) in [4.78, 5) is 0. The highest BCUT2D eigenvalue weighted by Crippen LogP contribution is 2.31. The SMILES string of the molecule is CCC[C@H]1CC[C@H](/C=C/C#Cc2ccc(Cl)cc2)CC1. The summed E-state index contributed by atoms with van der Waals surface area (Å²) in [5, 5.41) is 0.759. The maximum Gasteiger partial charge on any atom is 0.0406 e. The van der Waals surface area contributed by atoms with Crippen LogP contribution in [0.1, 0.15) is 51.0 Å². The molecule has 1 aromatic rings. The molecule has 0 unspecified atom stereocenters. The average Bonchev–Trinajstić information content (AvgIpc) is 2.47. The van der Waals surface area contributed by atoms with Crippen molar-refractivity contribution in [1.29, 1.82) is 0 Å². The van der Waals surface area contributed by atoms with Crippen LogP contribution in [0.25, 0.3) is 0 Å². The number of allylic oxidation sites excluding steroid dienone is 2. The maximum atomic E-state index is 5.85.